The standard InChI is InChI=1S/C14H18BrN3O/c1-18-6-5-12-11(8-18)14(17-16-12)10-7-9(15)3-4-13(10)19-2/h3-4,7,11,14,17H,5-6,8H2,1-2H3. The number of fused-ring (bicyclic) bond motifs is 1. The molecule has 0 radical (unpaired) electrons. The lowest BCUT2D eigenvalue weighted by Crippen LogP contribution is -2.39. The van der Waals surface area contributed by atoms with E-state index in [4.69, 9.17) is 4.74 Å². The van der Waals surface area contributed by atoms with E-state index in [2.05, 4.69) is 44.5 Å². The van der Waals surface area contributed by atoms with Crippen molar-refractivity contribution in [2.24, 2.45) is 11.0 Å². The average molecular weight is 324 g/mol. The molecular weight excluding hydrogens is 306 g/mol. The van der Waals surface area contributed by atoms with Gasteiger partial charge in [0.1, 0.15) is 5.75 Å². The molecule has 1 aromatic carbocycles. The van der Waals surface area contributed by atoms with Gasteiger partial charge >= 0.3 is 0 Å². The van der Waals surface area contributed by atoms with Crippen LogP contribution >= 0.6 is 15.9 Å². The largest absolute Gasteiger partial charge is 0.496 e. The lowest BCUT2D eigenvalue weighted by atomic mass is 9.86. The van der Waals surface area contributed by atoms with Crippen LogP contribution < -0.4 is 10.2 Å². The number of likely N-dealkylation sites (tertiary alicyclic amines) is 1. The Bertz CT molecular complexity index is 517. The molecule has 1 saturated heterocycles. The Balaban J connectivity index is 1.93. The van der Waals surface area contributed by atoms with Crippen molar-refractivity contribution in [3.63, 3.8) is 0 Å². The Hall–Kier alpha value is -1.07. The molecule has 0 amide bonds. The molecular formula is C14H18BrN3O. The number of nitrogens with one attached hydrogen (secondary N) is 1. The topological polar surface area (TPSA) is 36.9 Å². The van der Waals surface area contributed by atoms with Crippen molar-refractivity contribution in [1.29, 1.82) is 0 Å². The minimum absolute atomic E-state index is 0.213. The maximum Gasteiger partial charge on any atom is 0.124 e. The number of hydrogen-bond acceptors (Lipinski definition) is 4. The summed E-state index contributed by atoms with van der Waals surface area (Å²) in [5.41, 5.74) is 5.77. The van der Waals surface area contributed by atoms with Crippen molar-refractivity contribution in [1.82, 2.24) is 10.3 Å². The zero-order valence-corrected chi connectivity index (χ0v) is 12.8. The van der Waals surface area contributed by atoms with Gasteiger partial charge in [0.2, 0.25) is 0 Å². The predicted octanol–water partition coefficient (Wildman–Crippen LogP) is 2.41. The summed E-state index contributed by atoms with van der Waals surface area (Å²) in [6.07, 6.45) is 1.06. The Labute approximate surface area is 121 Å². The summed E-state index contributed by atoms with van der Waals surface area (Å²) in [4.78, 5) is 2.37. The molecule has 2 aliphatic rings. The number of benzene rings is 1. The number of piperidine rings is 1. The molecule has 0 aromatic heterocycles. The van der Waals surface area contributed by atoms with Crippen LogP contribution in [0, 0.1) is 5.92 Å². The molecule has 1 N–H and O–H groups in total. The van der Waals surface area contributed by atoms with E-state index in [1.807, 2.05) is 12.1 Å². The monoisotopic (exact) mass is 323 g/mol. The number of ether oxygens (including phenoxy) is 1. The molecule has 0 aliphatic carbocycles. The fraction of sp³-hybridized carbons (Fsp3) is 0.500. The molecule has 3 rings (SSSR count). The Kier molecular flexibility index (Phi) is 3.50. The smallest absolute Gasteiger partial charge is 0.124 e. The zero-order chi connectivity index (χ0) is 13.4. The first kappa shape index (κ1) is 12.9. The van der Waals surface area contributed by atoms with Gasteiger partial charge in [-0.25, -0.2) is 0 Å². The van der Waals surface area contributed by atoms with Crippen LogP contribution in [-0.2, 0) is 0 Å². The SMILES string of the molecule is COc1ccc(Br)cc1C1NN=C2CCN(C)CC21. The van der Waals surface area contributed by atoms with Crippen molar-refractivity contribution >= 4 is 21.6 Å². The lowest BCUT2D eigenvalue weighted by molar-refractivity contribution is 0.270. The van der Waals surface area contributed by atoms with Crippen molar-refractivity contribution < 1.29 is 4.74 Å². The minimum atomic E-state index is 0.213. The summed E-state index contributed by atoms with van der Waals surface area (Å²) in [6, 6.07) is 6.35. The van der Waals surface area contributed by atoms with Crippen LogP contribution in [0.15, 0.2) is 27.8 Å². The van der Waals surface area contributed by atoms with Gasteiger partial charge in [-0.3, -0.25) is 0 Å². The van der Waals surface area contributed by atoms with Gasteiger partial charge in [0, 0.05) is 41.2 Å². The number of nitrogens with zero attached hydrogens (tertiary/aromatic N) is 2. The van der Waals surface area contributed by atoms with Crippen LogP contribution in [0.25, 0.3) is 0 Å². The number of methoxy groups -OCH3 is 1. The molecule has 4 nitrogen and oxygen atoms in total. The fourth-order valence-corrected chi connectivity index (χ4v) is 3.32. The molecule has 5 heteroatoms. The summed E-state index contributed by atoms with van der Waals surface area (Å²) in [7, 11) is 3.89. The van der Waals surface area contributed by atoms with Gasteiger partial charge in [-0.1, -0.05) is 15.9 Å². The molecule has 0 bridgehead atoms. The van der Waals surface area contributed by atoms with Crippen LogP contribution in [0.5, 0.6) is 5.75 Å². The second-order valence-electron chi connectivity index (χ2n) is 5.21. The van der Waals surface area contributed by atoms with Gasteiger partial charge in [-0.15, -0.1) is 0 Å². The highest BCUT2D eigenvalue weighted by atomic mass is 79.9. The lowest BCUT2D eigenvalue weighted by Gasteiger charge is -2.31. The highest BCUT2D eigenvalue weighted by molar-refractivity contribution is 9.10. The second kappa shape index (κ2) is 5.13. The van der Waals surface area contributed by atoms with E-state index in [0.29, 0.717) is 5.92 Å². The summed E-state index contributed by atoms with van der Waals surface area (Å²) in [5.74, 6) is 1.37. The van der Waals surface area contributed by atoms with Crippen molar-refractivity contribution in [3.05, 3.63) is 28.2 Å². The molecule has 0 spiro atoms. The van der Waals surface area contributed by atoms with E-state index in [0.717, 1.165) is 29.7 Å². The molecule has 102 valence electrons. The van der Waals surface area contributed by atoms with Crippen LogP contribution in [0.3, 0.4) is 0 Å². The highest BCUT2D eigenvalue weighted by Gasteiger charge is 2.37. The molecule has 19 heavy (non-hydrogen) atoms. The van der Waals surface area contributed by atoms with Crippen molar-refractivity contribution in [3.8, 4) is 5.75 Å². The van der Waals surface area contributed by atoms with Crippen LogP contribution in [0.1, 0.15) is 18.0 Å². The molecule has 2 heterocycles. The van der Waals surface area contributed by atoms with E-state index in [9.17, 15) is 0 Å². The summed E-state index contributed by atoms with van der Waals surface area (Å²) < 4.78 is 6.57. The third-order valence-electron chi connectivity index (χ3n) is 3.96. The van der Waals surface area contributed by atoms with Gasteiger partial charge in [0.25, 0.3) is 0 Å². The quantitative estimate of drug-likeness (QED) is 0.908. The maximum absolute atomic E-state index is 5.49. The second-order valence-corrected chi connectivity index (χ2v) is 6.13. The maximum atomic E-state index is 5.49. The first-order chi connectivity index (χ1) is 9.19. The van der Waals surface area contributed by atoms with Gasteiger partial charge in [-0.2, -0.15) is 5.10 Å². The van der Waals surface area contributed by atoms with Gasteiger partial charge < -0.3 is 15.1 Å². The zero-order valence-electron chi connectivity index (χ0n) is 11.2. The van der Waals surface area contributed by atoms with E-state index >= 15 is 0 Å². The minimum Gasteiger partial charge on any atom is -0.496 e. The van der Waals surface area contributed by atoms with Gasteiger partial charge in [0.15, 0.2) is 0 Å². The molecule has 1 aromatic rings. The highest BCUT2D eigenvalue weighted by Crippen LogP contribution is 2.37. The molecule has 0 saturated carbocycles. The number of rotatable bonds is 2. The number of halogens is 1. The van der Waals surface area contributed by atoms with Gasteiger partial charge in [0.05, 0.1) is 13.2 Å². The van der Waals surface area contributed by atoms with E-state index in [1.54, 1.807) is 7.11 Å². The summed E-state index contributed by atoms with van der Waals surface area (Å²) >= 11 is 3.54. The molecule has 2 atom stereocenters. The first-order valence-electron chi connectivity index (χ1n) is 6.53. The Morgan fingerprint density at radius 3 is 3.11 bits per heavy atom. The number of hydrazone groups is 1. The third-order valence-corrected chi connectivity index (χ3v) is 4.46. The first-order valence-corrected chi connectivity index (χ1v) is 7.32. The van der Waals surface area contributed by atoms with E-state index < -0.39 is 0 Å². The summed E-state index contributed by atoms with van der Waals surface area (Å²) in [6.45, 7) is 2.14. The fourth-order valence-electron chi connectivity index (χ4n) is 2.94. The third kappa shape index (κ3) is 2.37. The van der Waals surface area contributed by atoms with Crippen LogP contribution in [0.4, 0.5) is 0 Å². The Morgan fingerprint density at radius 2 is 2.32 bits per heavy atom. The van der Waals surface area contributed by atoms with E-state index in [1.165, 1.54) is 11.3 Å². The van der Waals surface area contributed by atoms with Crippen molar-refractivity contribution in [2.75, 3.05) is 27.2 Å². The van der Waals surface area contributed by atoms with Gasteiger partial charge in [-0.05, 0) is 25.2 Å². The Morgan fingerprint density at radius 1 is 1.47 bits per heavy atom. The predicted molar refractivity (Wildman–Crippen MR) is 79.6 cm³/mol. The summed E-state index contributed by atoms with van der Waals surface area (Å²) in [5, 5.41) is 4.52. The number of hydrogen-bond donors (Lipinski definition) is 1. The van der Waals surface area contributed by atoms with Crippen molar-refractivity contribution in [2.45, 2.75) is 12.5 Å². The molecule has 1 fully saturated rings. The normalized spacial score (nSPS) is 26.6. The molecule has 2 unspecified atom stereocenters. The van der Waals surface area contributed by atoms with Crippen LogP contribution in [-0.4, -0.2) is 37.9 Å². The average Bonchev–Trinajstić information content (AvgIpc) is 2.81. The van der Waals surface area contributed by atoms with Crippen LogP contribution in [0.2, 0.25) is 0 Å². The van der Waals surface area contributed by atoms with E-state index in [-0.39, 0.29) is 6.04 Å². The molecule has 2 aliphatic heterocycles.